The van der Waals surface area contributed by atoms with Gasteiger partial charge >= 0.3 is 0 Å². The van der Waals surface area contributed by atoms with E-state index in [4.69, 9.17) is 14.2 Å². The fourth-order valence-corrected chi connectivity index (χ4v) is 9.06. The zero-order chi connectivity index (χ0) is 46.0. The van der Waals surface area contributed by atoms with Crippen LogP contribution in [0.3, 0.4) is 0 Å². The Balaban J connectivity index is 2.35. The normalized spacial score (nSPS) is 20.5. The molecule has 0 saturated carbocycles. The molecule has 1 rings (SSSR count). The van der Waals surface area contributed by atoms with Gasteiger partial charge in [-0.1, -0.05) is 239 Å². The number of ether oxygens (including phenoxy) is 3. The Bertz CT molecular complexity index is 973. The van der Waals surface area contributed by atoms with E-state index in [1.165, 1.54) is 186 Å². The molecular weight excluding hydrogens is 795 g/mol. The predicted octanol–water partition coefficient (Wildman–Crippen LogP) is 11.9. The van der Waals surface area contributed by atoms with E-state index in [-0.39, 0.29) is 12.5 Å². The molecule has 0 spiro atoms. The Labute approximate surface area is 388 Å². The molecule has 1 fully saturated rings. The predicted molar refractivity (Wildman–Crippen MR) is 260 cm³/mol. The number of hydrogen-bond acceptors (Lipinski definition) is 9. The van der Waals surface area contributed by atoms with Gasteiger partial charge in [-0.05, 0) is 19.3 Å². The fraction of sp³-hybridized carbons (Fsp3) is 0.981. The molecule has 0 bridgehead atoms. The minimum atomic E-state index is -1.47. The summed E-state index contributed by atoms with van der Waals surface area (Å²) < 4.78 is 17.3. The second-order valence-corrected chi connectivity index (χ2v) is 19.3. The third kappa shape index (κ3) is 32.5. The molecule has 0 aromatic carbocycles. The van der Waals surface area contributed by atoms with Gasteiger partial charge in [-0.15, -0.1) is 0 Å². The highest BCUT2D eigenvalue weighted by Crippen LogP contribution is 2.25. The molecule has 0 radical (unpaired) electrons. The van der Waals surface area contributed by atoms with Crippen molar-refractivity contribution >= 4 is 5.91 Å². The van der Waals surface area contributed by atoms with Gasteiger partial charge in [0.05, 0.1) is 25.4 Å². The Morgan fingerprint density at radius 2 is 0.905 bits per heavy atom. The van der Waals surface area contributed by atoms with Crippen LogP contribution in [-0.4, -0.2) is 100 Å². The van der Waals surface area contributed by atoms with Crippen LogP contribution in [0.1, 0.15) is 265 Å². The quantitative estimate of drug-likeness (QED) is 0.0327. The van der Waals surface area contributed by atoms with E-state index in [0.29, 0.717) is 25.9 Å². The molecule has 0 unspecified atom stereocenters. The van der Waals surface area contributed by atoms with Gasteiger partial charge < -0.3 is 45.1 Å². The minimum absolute atomic E-state index is 0.227. The van der Waals surface area contributed by atoms with Crippen molar-refractivity contribution in [2.24, 2.45) is 0 Å². The van der Waals surface area contributed by atoms with E-state index in [2.05, 4.69) is 19.2 Å². The largest absolute Gasteiger partial charge is 0.394 e. The summed E-state index contributed by atoms with van der Waals surface area (Å²) in [7, 11) is 0. The summed E-state index contributed by atoms with van der Waals surface area (Å²) >= 11 is 0. The molecule has 1 saturated heterocycles. The molecule has 1 aliphatic rings. The second kappa shape index (κ2) is 43.7. The molecule has 8 atom stereocenters. The lowest BCUT2D eigenvalue weighted by molar-refractivity contribution is -0.309. The number of rotatable bonds is 47. The van der Waals surface area contributed by atoms with Gasteiger partial charge in [-0.3, -0.25) is 4.79 Å². The highest BCUT2D eigenvalue weighted by Gasteiger charge is 2.46. The van der Waals surface area contributed by atoms with E-state index < -0.39 is 55.6 Å². The summed E-state index contributed by atoms with van der Waals surface area (Å²) in [6.07, 6.45) is 37.7. The van der Waals surface area contributed by atoms with Crippen LogP contribution in [0, 0.1) is 0 Å². The Kier molecular flexibility index (Phi) is 41.7. The van der Waals surface area contributed by atoms with Crippen molar-refractivity contribution in [1.29, 1.82) is 0 Å². The first-order valence-corrected chi connectivity index (χ1v) is 27.3. The van der Waals surface area contributed by atoms with E-state index in [0.717, 1.165) is 38.5 Å². The maximum absolute atomic E-state index is 13.1. The van der Waals surface area contributed by atoms with Crippen LogP contribution in [0.25, 0.3) is 0 Å². The van der Waals surface area contributed by atoms with Crippen molar-refractivity contribution in [3.63, 3.8) is 0 Å². The van der Waals surface area contributed by atoms with Crippen LogP contribution in [0.15, 0.2) is 0 Å². The molecule has 0 aromatic heterocycles. The average Bonchev–Trinajstić information content (AvgIpc) is 3.28. The van der Waals surface area contributed by atoms with Crippen molar-refractivity contribution < 1.29 is 44.5 Å². The van der Waals surface area contributed by atoms with Gasteiger partial charge in [-0.25, -0.2) is 0 Å². The van der Waals surface area contributed by atoms with E-state index >= 15 is 0 Å². The van der Waals surface area contributed by atoms with Crippen molar-refractivity contribution in [3.05, 3.63) is 0 Å². The first-order valence-electron chi connectivity index (χ1n) is 27.3. The smallest absolute Gasteiger partial charge is 0.220 e. The Hall–Kier alpha value is -0.850. The van der Waals surface area contributed by atoms with Gasteiger partial charge in [-0.2, -0.15) is 0 Å². The number of aliphatic hydroxyl groups is 5. The van der Waals surface area contributed by atoms with Crippen LogP contribution in [-0.2, 0) is 19.0 Å². The standard InChI is InChI=1S/C53H105NO9/c1-4-7-9-11-13-15-17-19-20-21-22-23-24-25-26-27-28-29-31-33-35-37-39-41-48(57)54-45(44-62-53-51(60)50(59)52(61-42-6-3)47(43-55)63-53)49(58)46(56)40-38-36-34-32-30-18-16-14-12-10-8-5-2/h45-47,49-53,55-56,58-60H,4-44H2,1-3H3,(H,54,57)/t45-,46+,47+,49-,50+,51+,52-,53-/m0/s1. The molecule has 0 aliphatic carbocycles. The number of unbranched alkanes of at least 4 members (excludes halogenated alkanes) is 33. The summed E-state index contributed by atoms with van der Waals surface area (Å²) in [6, 6.07) is -0.955. The number of aliphatic hydroxyl groups excluding tert-OH is 5. The van der Waals surface area contributed by atoms with Crippen molar-refractivity contribution in [3.8, 4) is 0 Å². The first-order chi connectivity index (χ1) is 30.8. The molecule has 1 heterocycles. The van der Waals surface area contributed by atoms with Crippen molar-refractivity contribution in [2.45, 2.75) is 314 Å². The third-order valence-corrected chi connectivity index (χ3v) is 13.3. The molecule has 0 aromatic rings. The van der Waals surface area contributed by atoms with Gasteiger partial charge in [0.15, 0.2) is 6.29 Å². The zero-order valence-corrected chi connectivity index (χ0v) is 41.5. The SMILES string of the molecule is CCCCCCCCCCCCCCCCCCCCCCCCCC(=O)N[C@@H](CO[C@H]1O[C@H](CO)[C@H](OCCC)[C@H](O)[C@H]1O)[C@H](O)[C@H](O)CCCCCCCCCCCCCC. The van der Waals surface area contributed by atoms with Crippen LogP contribution in [0.5, 0.6) is 0 Å². The van der Waals surface area contributed by atoms with Gasteiger partial charge in [0, 0.05) is 13.0 Å². The lowest BCUT2D eigenvalue weighted by Gasteiger charge is -2.42. The van der Waals surface area contributed by atoms with Crippen molar-refractivity contribution in [2.75, 3.05) is 19.8 Å². The number of amides is 1. The summed E-state index contributed by atoms with van der Waals surface area (Å²) in [5.41, 5.74) is 0. The molecule has 10 nitrogen and oxygen atoms in total. The second-order valence-electron chi connectivity index (χ2n) is 19.3. The Morgan fingerprint density at radius 3 is 1.29 bits per heavy atom. The highest BCUT2D eigenvalue weighted by atomic mass is 16.7. The average molecular weight is 900 g/mol. The lowest BCUT2D eigenvalue weighted by Crippen LogP contribution is -2.61. The first kappa shape index (κ1) is 60.2. The van der Waals surface area contributed by atoms with Gasteiger partial charge in [0.25, 0.3) is 0 Å². The summed E-state index contributed by atoms with van der Waals surface area (Å²) in [4.78, 5) is 13.1. The fourth-order valence-electron chi connectivity index (χ4n) is 9.06. The van der Waals surface area contributed by atoms with Crippen LogP contribution in [0.4, 0.5) is 0 Å². The zero-order valence-electron chi connectivity index (χ0n) is 41.5. The molecule has 63 heavy (non-hydrogen) atoms. The van der Waals surface area contributed by atoms with Gasteiger partial charge in [0.2, 0.25) is 5.91 Å². The summed E-state index contributed by atoms with van der Waals surface area (Å²) in [5, 5.41) is 56.7. The van der Waals surface area contributed by atoms with Gasteiger partial charge in [0.1, 0.15) is 30.5 Å². The monoisotopic (exact) mass is 900 g/mol. The number of carbonyl (C=O) groups excluding carboxylic acids is 1. The van der Waals surface area contributed by atoms with Crippen molar-refractivity contribution in [1.82, 2.24) is 5.32 Å². The van der Waals surface area contributed by atoms with E-state index in [9.17, 15) is 30.3 Å². The highest BCUT2D eigenvalue weighted by molar-refractivity contribution is 5.76. The lowest BCUT2D eigenvalue weighted by atomic mass is 9.98. The maximum Gasteiger partial charge on any atom is 0.220 e. The topological polar surface area (TPSA) is 158 Å². The molecule has 6 N–H and O–H groups in total. The number of carbonyl (C=O) groups is 1. The van der Waals surface area contributed by atoms with E-state index in [1.54, 1.807) is 0 Å². The molecule has 376 valence electrons. The molecule has 10 heteroatoms. The molecule has 1 amide bonds. The van der Waals surface area contributed by atoms with Crippen LogP contribution < -0.4 is 5.32 Å². The third-order valence-electron chi connectivity index (χ3n) is 13.3. The maximum atomic E-state index is 13.1. The van der Waals surface area contributed by atoms with Crippen LogP contribution in [0.2, 0.25) is 0 Å². The number of nitrogens with one attached hydrogen (secondary N) is 1. The Morgan fingerprint density at radius 1 is 0.524 bits per heavy atom. The van der Waals surface area contributed by atoms with E-state index in [1.807, 2.05) is 6.92 Å². The molecule has 1 aliphatic heterocycles. The molecular formula is C53H105NO9. The summed E-state index contributed by atoms with van der Waals surface area (Å²) in [6.45, 7) is 6.08. The number of hydrogen-bond donors (Lipinski definition) is 6. The van der Waals surface area contributed by atoms with Crippen LogP contribution >= 0.6 is 0 Å². The summed E-state index contributed by atoms with van der Waals surface area (Å²) in [5.74, 6) is -0.227. The minimum Gasteiger partial charge on any atom is -0.394 e.